The Labute approximate surface area is 88.4 Å². The smallest absolute Gasteiger partial charge is 0.129 e. The Hall–Kier alpha value is -0.800. The molecule has 2 heterocycles. The number of nitrogens with one attached hydrogen (secondary N) is 1. The van der Waals surface area contributed by atoms with Crippen LogP contribution >= 0.6 is 11.6 Å². The Balaban J connectivity index is 2.16. The highest BCUT2D eigenvalue weighted by Gasteiger charge is 2.33. The van der Waals surface area contributed by atoms with Gasteiger partial charge in [-0.3, -0.25) is 0 Å². The van der Waals surface area contributed by atoms with Crippen LogP contribution < -0.4 is 5.32 Å². The molecule has 1 fully saturated rings. The van der Waals surface area contributed by atoms with Crippen molar-refractivity contribution in [2.45, 2.75) is 19.4 Å². The van der Waals surface area contributed by atoms with Crippen molar-refractivity contribution in [2.75, 3.05) is 18.5 Å². The van der Waals surface area contributed by atoms with E-state index in [1.165, 1.54) is 0 Å². The average molecular weight is 213 g/mol. The van der Waals surface area contributed by atoms with Gasteiger partial charge in [0, 0.05) is 0 Å². The predicted molar refractivity (Wildman–Crippen MR) is 56.8 cm³/mol. The molecule has 1 aliphatic rings. The standard InChI is InChI=1S/C10H13ClN2O/c1-7-8(3-4-9(11)12-7)13-10(2)5-14-6-10/h3-4,13H,5-6H2,1-2H3. The first-order valence-corrected chi connectivity index (χ1v) is 4.96. The summed E-state index contributed by atoms with van der Waals surface area (Å²) in [5.41, 5.74) is 2.01. The van der Waals surface area contributed by atoms with E-state index in [9.17, 15) is 0 Å². The monoisotopic (exact) mass is 212 g/mol. The minimum atomic E-state index is 0.0558. The molecule has 2 rings (SSSR count). The first-order chi connectivity index (χ1) is 6.59. The van der Waals surface area contributed by atoms with E-state index in [0.29, 0.717) is 5.15 Å². The third kappa shape index (κ3) is 1.83. The molecular formula is C10H13ClN2O. The van der Waals surface area contributed by atoms with E-state index in [4.69, 9.17) is 16.3 Å². The van der Waals surface area contributed by atoms with Crippen LogP contribution in [0.5, 0.6) is 0 Å². The second kappa shape index (κ2) is 3.41. The fraction of sp³-hybridized carbons (Fsp3) is 0.500. The fourth-order valence-corrected chi connectivity index (χ4v) is 1.66. The molecular weight excluding hydrogens is 200 g/mol. The summed E-state index contributed by atoms with van der Waals surface area (Å²) < 4.78 is 5.16. The van der Waals surface area contributed by atoms with Crippen molar-refractivity contribution in [2.24, 2.45) is 0 Å². The first-order valence-electron chi connectivity index (χ1n) is 4.58. The quantitative estimate of drug-likeness (QED) is 0.764. The van der Waals surface area contributed by atoms with Crippen molar-refractivity contribution in [1.82, 2.24) is 4.98 Å². The van der Waals surface area contributed by atoms with Gasteiger partial charge in [0.15, 0.2) is 0 Å². The second-order valence-electron chi connectivity index (χ2n) is 3.95. The van der Waals surface area contributed by atoms with Crippen LogP contribution in [0.3, 0.4) is 0 Å². The molecule has 0 amide bonds. The summed E-state index contributed by atoms with van der Waals surface area (Å²) in [6.07, 6.45) is 0. The SMILES string of the molecule is Cc1nc(Cl)ccc1NC1(C)COC1. The molecule has 0 aromatic carbocycles. The summed E-state index contributed by atoms with van der Waals surface area (Å²) in [5, 5.41) is 3.93. The van der Waals surface area contributed by atoms with Gasteiger partial charge in [0.1, 0.15) is 5.15 Å². The van der Waals surface area contributed by atoms with Gasteiger partial charge in [0.2, 0.25) is 0 Å². The van der Waals surface area contributed by atoms with Crippen LogP contribution in [0.2, 0.25) is 5.15 Å². The summed E-state index contributed by atoms with van der Waals surface area (Å²) in [6, 6.07) is 3.74. The lowest BCUT2D eigenvalue weighted by Crippen LogP contribution is -2.53. The summed E-state index contributed by atoms with van der Waals surface area (Å²) in [4.78, 5) is 4.18. The number of hydrogen-bond acceptors (Lipinski definition) is 3. The third-order valence-electron chi connectivity index (χ3n) is 2.33. The lowest BCUT2D eigenvalue weighted by molar-refractivity contribution is -0.0318. The van der Waals surface area contributed by atoms with Gasteiger partial charge in [0.05, 0.1) is 30.1 Å². The number of anilines is 1. The van der Waals surface area contributed by atoms with Crippen molar-refractivity contribution in [3.05, 3.63) is 23.0 Å². The zero-order valence-corrected chi connectivity index (χ0v) is 9.06. The Morgan fingerprint density at radius 1 is 1.50 bits per heavy atom. The normalized spacial score (nSPS) is 18.8. The number of pyridine rings is 1. The summed E-state index contributed by atoms with van der Waals surface area (Å²) in [6.45, 7) is 5.56. The molecule has 1 saturated heterocycles. The van der Waals surface area contributed by atoms with Crippen LogP contribution in [0.4, 0.5) is 5.69 Å². The number of hydrogen-bond donors (Lipinski definition) is 1. The first kappa shape index (κ1) is 9.74. The van der Waals surface area contributed by atoms with Crippen molar-refractivity contribution in [3.63, 3.8) is 0 Å². The molecule has 1 aromatic rings. The van der Waals surface area contributed by atoms with Crippen LogP contribution in [-0.4, -0.2) is 23.7 Å². The maximum Gasteiger partial charge on any atom is 0.129 e. The number of rotatable bonds is 2. The number of halogens is 1. The van der Waals surface area contributed by atoms with Gasteiger partial charge in [-0.25, -0.2) is 4.98 Å². The average Bonchev–Trinajstić information content (AvgIpc) is 2.07. The molecule has 0 spiro atoms. The van der Waals surface area contributed by atoms with Crippen LogP contribution in [0.15, 0.2) is 12.1 Å². The zero-order valence-electron chi connectivity index (χ0n) is 8.30. The van der Waals surface area contributed by atoms with Gasteiger partial charge in [-0.15, -0.1) is 0 Å². The van der Waals surface area contributed by atoms with E-state index in [1.54, 1.807) is 6.07 Å². The highest BCUT2D eigenvalue weighted by Crippen LogP contribution is 2.24. The van der Waals surface area contributed by atoms with Crippen LogP contribution in [-0.2, 0) is 4.74 Å². The van der Waals surface area contributed by atoms with Gasteiger partial charge >= 0.3 is 0 Å². The summed E-state index contributed by atoms with van der Waals surface area (Å²) >= 11 is 5.77. The second-order valence-corrected chi connectivity index (χ2v) is 4.33. The van der Waals surface area contributed by atoms with Gasteiger partial charge in [0.25, 0.3) is 0 Å². The minimum absolute atomic E-state index is 0.0558. The molecule has 76 valence electrons. The molecule has 0 saturated carbocycles. The minimum Gasteiger partial charge on any atom is -0.376 e. The molecule has 14 heavy (non-hydrogen) atoms. The highest BCUT2D eigenvalue weighted by atomic mass is 35.5. The molecule has 1 aliphatic heterocycles. The summed E-state index contributed by atoms with van der Waals surface area (Å²) in [7, 11) is 0. The number of ether oxygens (including phenoxy) is 1. The Bertz CT molecular complexity index is 350. The van der Waals surface area contributed by atoms with Gasteiger partial charge < -0.3 is 10.1 Å². The summed E-state index contributed by atoms with van der Waals surface area (Å²) in [5.74, 6) is 0. The van der Waals surface area contributed by atoms with Gasteiger partial charge in [-0.2, -0.15) is 0 Å². The highest BCUT2D eigenvalue weighted by molar-refractivity contribution is 6.29. The lowest BCUT2D eigenvalue weighted by atomic mass is 10.00. The fourth-order valence-electron chi connectivity index (χ4n) is 1.47. The van der Waals surface area contributed by atoms with Crippen LogP contribution in [0, 0.1) is 6.92 Å². The van der Waals surface area contributed by atoms with Crippen LogP contribution in [0.25, 0.3) is 0 Å². The maximum absolute atomic E-state index is 5.77. The van der Waals surface area contributed by atoms with Crippen molar-refractivity contribution in [1.29, 1.82) is 0 Å². The number of aryl methyl sites for hydroxylation is 1. The topological polar surface area (TPSA) is 34.2 Å². The van der Waals surface area contributed by atoms with E-state index in [-0.39, 0.29) is 5.54 Å². The van der Waals surface area contributed by atoms with Crippen molar-refractivity contribution in [3.8, 4) is 0 Å². The molecule has 0 unspecified atom stereocenters. The Kier molecular flexibility index (Phi) is 2.37. The molecule has 3 nitrogen and oxygen atoms in total. The molecule has 1 aromatic heterocycles. The van der Waals surface area contributed by atoms with E-state index in [2.05, 4.69) is 17.2 Å². The lowest BCUT2D eigenvalue weighted by Gasteiger charge is -2.39. The largest absolute Gasteiger partial charge is 0.376 e. The van der Waals surface area contributed by atoms with Crippen molar-refractivity contribution >= 4 is 17.3 Å². The van der Waals surface area contributed by atoms with E-state index < -0.39 is 0 Å². The molecule has 0 radical (unpaired) electrons. The number of nitrogens with zero attached hydrogens (tertiary/aromatic N) is 1. The third-order valence-corrected chi connectivity index (χ3v) is 2.54. The van der Waals surface area contributed by atoms with E-state index in [0.717, 1.165) is 24.6 Å². The predicted octanol–water partition coefficient (Wildman–Crippen LogP) is 2.24. The van der Waals surface area contributed by atoms with E-state index in [1.807, 2.05) is 13.0 Å². The molecule has 4 heteroatoms. The molecule has 1 N–H and O–H groups in total. The molecule has 0 aliphatic carbocycles. The zero-order chi connectivity index (χ0) is 10.2. The van der Waals surface area contributed by atoms with Crippen molar-refractivity contribution < 1.29 is 4.74 Å². The van der Waals surface area contributed by atoms with E-state index >= 15 is 0 Å². The van der Waals surface area contributed by atoms with Gasteiger partial charge in [-0.05, 0) is 26.0 Å². The molecule has 0 atom stereocenters. The van der Waals surface area contributed by atoms with Gasteiger partial charge in [-0.1, -0.05) is 11.6 Å². The Morgan fingerprint density at radius 2 is 2.21 bits per heavy atom. The Morgan fingerprint density at radius 3 is 2.71 bits per heavy atom. The number of aromatic nitrogens is 1. The van der Waals surface area contributed by atoms with Crippen LogP contribution in [0.1, 0.15) is 12.6 Å². The molecule has 0 bridgehead atoms. The maximum atomic E-state index is 5.77.